The summed E-state index contributed by atoms with van der Waals surface area (Å²) in [4.78, 5) is 30.1. The van der Waals surface area contributed by atoms with E-state index in [4.69, 9.17) is 4.74 Å². The van der Waals surface area contributed by atoms with Crippen LogP contribution in [0.25, 0.3) is 11.3 Å². The molecule has 1 aromatic heterocycles. The van der Waals surface area contributed by atoms with Crippen LogP contribution in [0.4, 0.5) is 10.5 Å². The fourth-order valence-corrected chi connectivity index (χ4v) is 2.93. The van der Waals surface area contributed by atoms with E-state index in [0.29, 0.717) is 17.9 Å². The fourth-order valence-electron chi connectivity index (χ4n) is 2.93. The third-order valence-corrected chi connectivity index (χ3v) is 4.19. The molecule has 0 saturated heterocycles. The van der Waals surface area contributed by atoms with Gasteiger partial charge in [0.1, 0.15) is 11.3 Å². The second kappa shape index (κ2) is 8.69. The second-order valence-electron chi connectivity index (χ2n) is 7.62. The summed E-state index contributed by atoms with van der Waals surface area (Å²) < 4.78 is 5.63. The highest BCUT2D eigenvalue weighted by Crippen LogP contribution is 2.26. The summed E-state index contributed by atoms with van der Waals surface area (Å²) in [7, 11) is 0. The average molecular weight is 388 g/mol. The van der Waals surface area contributed by atoms with Crippen LogP contribution >= 0.6 is 0 Å². The lowest BCUT2D eigenvalue weighted by Gasteiger charge is -2.28. The Labute approximate surface area is 171 Å². The minimum atomic E-state index is -0.608. The molecule has 0 unspecified atom stereocenters. The molecule has 0 fully saturated rings. The number of anilines is 1. The maximum atomic E-state index is 13.0. The van der Waals surface area contributed by atoms with Gasteiger partial charge in [-0.15, -0.1) is 0 Å². The lowest BCUT2D eigenvalue weighted by Crippen LogP contribution is -2.36. The van der Waals surface area contributed by atoms with E-state index in [9.17, 15) is 9.59 Å². The topological polar surface area (TPSA) is 59.5 Å². The first-order chi connectivity index (χ1) is 13.9. The maximum Gasteiger partial charge on any atom is 0.415 e. The molecule has 3 aromatic rings. The molecular weight excluding hydrogens is 364 g/mol. The molecule has 5 heteroatoms. The first-order valence-electron chi connectivity index (χ1n) is 9.43. The molecule has 0 aliphatic heterocycles. The van der Waals surface area contributed by atoms with Gasteiger partial charge in [0.2, 0.25) is 0 Å². The third-order valence-electron chi connectivity index (χ3n) is 4.19. The predicted octanol–water partition coefficient (Wildman–Crippen LogP) is 5.50. The quantitative estimate of drug-likeness (QED) is 0.541. The Hall–Kier alpha value is -3.47. The number of ether oxygens (including phenoxy) is 1. The Kier molecular flexibility index (Phi) is 6.07. The number of hydrogen-bond acceptors (Lipinski definition) is 4. The minimum absolute atomic E-state index is 0.308. The van der Waals surface area contributed by atoms with E-state index in [1.165, 1.54) is 0 Å². The summed E-state index contributed by atoms with van der Waals surface area (Å²) in [6, 6.07) is 22.4. The second-order valence-corrected chi connectivity index (χ2v) is 7.62. The van der Waals surface area contributed by atoms with Crippen LogP contribution in [0, 0.1) is 0 Å². The van der Waals surface area contributed by atoms with E-state index >= 15 is 0 Å². The van der Waals surface area contributed by atoms with Crippen LogP contribution in [0.2, 0.25) is 0 Å². The molecule has 0 saturated carbocycles. The van der Waals surface area contributed by atoms with Gasteiger partial charge in [-0.2, -0.15) is 0 Å². The summed E-state index contributed by atoms with van der Waals surface area (Å²) >= 11 is 0. The highest BCUT2D eigenvalue weighted by atomic mass is 16.6. The van der Waals surface area contributed by atoms with Gasteiger partial charge in [0, 0.05) is 11.3 Å². The average Bonchev–Trinajstić information content (AvgIpc) is 2.71. The lowest BCUT2D eigenvalue weighted by atomic mass is 10.0. The van der Waals surface area contributed by atoms with Crippen molar-refractivity contribution in [2.75, 3.05) is 4.90 Å². The van der Waals surface area contributed by atoms with E-state index in [-0.39, 0.29) is 0 Å². The summed E-state index contributed by atoms with van der Waals surface area (Å²) in [6.45, 7) is 5.84. The Balaban J connectivity index is 2.00. The van der Waals surface area contributed by atoms with Crippen molar-refractivity contribution in [1.82, 2.24) is 4.98 Å². The molecule has 3 rings (SSSR count). The number of aromatic nitrogens is 1. The molecular formula is C24H24N2O3. The number of hydrogen-bond donors (Lipinski definition) is 0. The van der Waals surface area contributed by atoms with E-state index in [2.05, 4.69) is 4.98 Å². The zero-order chi connectivity index (χ0) is 20.9. The Bertz CT molecular complexity index is 994. The summed E-state index contributed by atoms with van der Waals surface area (Å²) in [5.74, 6) is 0. The monoisotopic (exact) mass is 388 g/mol. The van der Waals surface area contributed by atoms with E-state index in [0.717, 1.165) is 23.1 Å². The van der Waals surface area contributed by atoms with Crippen LogP contribution < -0.4 is 4.90 Å². The Morgan fingerprint density at radius 3 is 2.34 bits per heavy atom. The number of benzene rings is 2. The number of carbonyl (C=O) groups excluding carboxylic acids is 2. The van der Waals surface area contributed by atoms with Crippen molar-refractivity contribution in [1.29, 1.82) is 0 Å². The van der Waals surface area contributed by atoms with Crippen LogP contribution in [-0.2, 0) is 11.3 Å². The third kappa shape index (κ3) is 5.29. The van der Waals surface area contributed by atoms with Crippen molar-refractivity contribution in [3.8, 4) is 11.3 Å². The molecule has 0 atom stereocenters. The SMILES string of the molecule is CC(C)(C)OC(=O)N(Cc1ccccc1-c1cccc(C=O)n1)c1ccccc1. The predicted molar refractivity (Wildman–Crippen MR) is 114 cm³/mol. The van der Waals surface area contributed by atoms with E-state index in [1.54, 1.807) is 17.0 Å². The smallest absolute Gasteiger partial charge is 0.415 e. The number of amides is 1. The molecule has 5 nitrogen and oxygen atoms in total. The number of para-hydroxylation sites is 1. The molecule has 1 heterocycles. The molecule has 0 N–H and O–H groups in total. The minimum Gasteiger partial charge on any atom is -0.443 e. The molecule has 0 bridgehead atoms. The van der Waals surface area contributed by atoms with Crippen LogP contribution in [0.3, 0.4) is 0 Å². The van der Waals surface area contributed by atoms with Gasteiger partial charge in [-0.05, 0) is 50.6 Å². The van der Waals surface area contributed by atoms with Crippen LogP contribution in [0.1, 0.15) is 36.8 Å². The zero-order valence-electron chi connectivity index (χ0n) is 16.8. The maximum absolute atomic E-state index is 13.0. The Morgan fingerprint density at radius 2 is 1.66 bits per heavy atom. The normalized spacial score (nSPS) is 11.0. The van der Waals surface area contributed by atoms with Crippen molar-refractivity contribution in [3.05, 3.63) is 84.1 Å². The van der Waals surface area contributed by atoms with Crippen molar-refractivity contribution in [3.63, 3.8) is 0 Å². The molecule has 1 amide bonds. The fraction of sp³-hybridized carbons (Fsp3) is 0.208. The van der Waals surface area contributed by atoms with Gasteiger partial charge in [-0.25, -0.2) is 9.78 Å². The molecule has 0 spiro atoms. The van der Waals surface area contributed by atoms with Gasteiger partial charge >= 0.3 is 6.09 Å². The zero-order valence-corrected chi connectivity index (χ0v) is 16.8. The number of rotatable bonds is 5. The number of aldehydes is 1. The van der Waals surface area contributed by atoms with Gasteiger partial charge < -0.3 is 4.74 Å². The van der Waals surface area contributed by atoms with Gasteiger partial charge in [0.05, 0.1) is 12.2 Å². The van der Waals surface area contributed by atoms with Crippen molar-refractivity contribution < 1.29 is 14.3 Å². The van der Waals surface area contributed by atoms with E-state index < -0.39 is 11.7 Å². The summed E-state index contributed by atoms with van der Waals surface area (Å²) in [5, 5.41) is 0. The molecule has 0 aliphatic rings. The number of carbonyl (C=O) groups is 2. The first-order valence-corrected chi connectivity index (χ1v) is 9.43. The highest BCUT2D eigenvalue weighted by Gasteiger charge is 2.24. The Morgan fingerprint density at radius 1 is 0.966 bits per heavy atom. The number of pyridine rings is 1. The van der Waals surface area contributed by atoms with Crippen LogP contribution in [0.15, 0.2) is 72.8 Å². The summed E-state index contributed by atoms with van der Waals surface area (Å²) in [5.41, 5.74) is 2.94. The van der Waals surface area contributed by atoms with Gasteiger partial charge in [0.15, 0.2) is 6.29 Å². The molecule has 29 heavy (non-hydrogen) atoms. The molecule has 0 radical (unpaired) electrons. The molecule has 148 valence electrons. The first kappa shape index (κ1) is 20.3. The van der Waals surface area contributed by atoms with Crippen molar-refractivity contribution in [2.45, 2.75) is 32.9 Å². The largest absolute Gasteiger partial charge is 0.443 e. The lowest BCUT2D eigenvalue weighted by molar-refractivity contribution is 0.0577. The van der Waals surface area contributed by atoms with Crippen LogP contribution in [0.5, 0.6) is 0 Å². The van der Waals surface area contributed by atoms with Crippen LogP contribution in [-0.4, -0.2) is 23.0 Å². The van der Waals surface area contributed by atoms with Crippen molar-refractivity contribution in [2.24, 2.45) is 0 Å². The molecule has 2 aromatic carbocycles. The van der Waals surface area contributed by atoms with Gasteiger partial charge in [-0.3, -0.25) is 9.69 Å². The molecule has 0 aliphatic carbocycles. The summed E-state index contributed by atoms with van der Waals surface area (Å²) in [6.07, 6.45) is 0.302. The van der Waals surface area contributed by atoms with E-state index in [1.807, 2.05) is 81.4 Å². The standard InChI is InChI=1S/C24H24N2O3/c1-24(2,3)29-23(28)26(20-12-5-4-6-13-20)16-18-10-7-8-14-21(18)22-15-9-11-19(17-27)25-22/h4-15,17H,16H2,1-3H3. The van der Waals surface area contributed by atoms with Crippen molar-refractivity contribution >= 4 is 18.1 Å². The number of nitrogens with zero attached hydrogens (tertiary/aromatic N) is 2. The van der Waals surface area contributed by atoms with Gasteiger partial charge in [0.25, 0.3) is 0 Å². The van der Waals surface area contributed by atoms with Gasteiger partial charge in [-0.1, -0.05) is 48.5 Å². The highest BCUT2D eigenvalue weighted by molar-refractivity contribution is 5.88.